The summed E-state index contributed by atoms with van der Waals surface area (Å²) in [5, 5.41) is 52.2. The van der Waals surface area contributed by atoms with Gasteiger partial charge in [-0.25, -0.2) is 14.6 Å². The number of hydrogen-bond donors (Lipinski definition) is 6. The fourth-order valence-corrected chi connectivity index (χ4v) is 2.71. The molecule has 1 fully saturated rings. The summed E-state index contributed by atoms with van der Waals surface area (Å²) < 4.78 is 6.62. The van der Waals surface area contributed by atoms with Crippen molar-refractivity contribution in [3.63, 3.8) is 0 Å². The van der Waals surface area contributed by atoms with Gasteiger partial charge < -0.3 is 20.1 Å². The number of nitrogens with one attached hydrogen (secondary N) is 2. The molecule has 6 N–H and O–H groups in total. The largest absolute Gasteiger partial charge is 0.394 e. The van der Waals surface area contributed by atoms with Crippen molar-refractivity contribution in [3.8, 4) is 6.07 Å². The number of hydrogen-bond acceptors (Lipinski definition) is 11. The average Bonchev–Trinajstić information content (AvgIpc) is 3.04. The third-order valence-electron chi connectivity index (χ3n) is 3.93. The Morgan fingerprint density at radius 3 is 2.83 bits per heavy atom. The van der Waals surface area contributed by atoms with Crippen LogP contribution < -0.4 is 11.0 Å². The number of aliphatic hydroxyl groups excluding tert-OH is 2. The number of fused-ring (bicyclic) bond motifs is 1. The Morgan fingerprint density at radius 1 is 1.50 bits per heavy atom. The van der Waals surface area contributed by atoms with E-state index < -0.39 is 30.6 Å². The highest BCUT2D eigenvalue weighted by Gasteiger charge is 2.54. The third-order valence-corrected chi connectivity index (χ3v) is 3.93. The number of nitrogens with zero attached hydrogens (tertiary/aromatic N) is 5. The van der Waals surface area contributed by atoms with Gasteiger partial charge in [0.1, 0.15) is 35.6 Å². The quantitative estimate of drug-likeness (QED) is 0.339. The van der Waals surface area contributed by atoms with Crippen LogP contribution in [0.2, 0.25) is 0 Å². The number of aliphatic hydroxyl groups is 3. The zero-order chi connectivity index (χ0) is 17.5. The Kier molecular flexibility index (Phi) is 4.05. The Balaban J connectivity index is 2.18. The molecule has 0 aliphatic carbocycles. The molecule has 0 radical (unpaired) electrons. The predicted molar refractivity (Wildman–Crippen MR) is 76.2 cm³/mol. The molecule has 12 heteroatoms. The second-order valence-electron chi connectivity index (χ2n) is 5.44. The van der Waals surface area contributed by atoms with E-state index in [2.05, 4.69) is 20.5 Å². The van der Waals surface area contributed by atoms with Crippen LogP contribution in [0.5, 0.6) is 0 Å². The molecule has 0 aromatic carbocycles. The molecular formula is C12H15N7O5. The fourth-order valence-electron chi connectivity index (χ4n) is 2.71. The minimum Gasteiger partial charge on any atom is -0.394 e. The average molecular weight is 337 g/mol. The molecule has 12 nitrogen and oxygen atoms in total. The second kappa shape index (κ2) is 5.91. The molecule has 3 heterocycles. The SMILES string of the molecule is C[C@@]1(O)[C@H](O)[C@@H](CO)O[C@H]1n1nc(C#N)c2c(NNO)ncnc21. The van der Waals surface area contributed by atoms with Crippen LogP contribution in [0.15, 0.2) is 6.33 Å². The first-order chi connectivity index (χ1) is 11.5. The zero-order valence-electron chi connectivity index (χ0n) is 12.4. The van der Waals surface area contributed by atoms with E-state index in [-0.39, 0.29) is 22.5 Å². The van der Waals surface area contributed by atoms with Crippen LogP contribution in [0, 0.1) is 11.3 Å². The van der Waals surface area contributed by atoms with Crippen molar-refractivity contribution in [2.75, 3.05) is 12.0 Å². The number of ether oxygens (including phenoxy) is 1. The Bertz CT molecular complexity index is 801. The summed E-state index contributed by atoms with van der Waals surface area (Å²) in [5.74, 6) is 0.0854. The van der Waals surface area contributed by atoms with Crippen molar-refractivity contribution in [3.05, 3.63) is 12.0 Å². The lowest BCUT2D eigenvalue weighted by Gasteiger charge is -2.26. The monoisotopic (exact) mass is 337 g/mol. The summed E-state index contributed by atoms with van der Waals surface area (Å²) in [4.78, 5) is 7.92. The first-order valence-electron chi connectivity index (χ1n) is 6.90. The van der Waals surface area contributed by atoms with Crippen LogP contribution in [-0.2, 0) is 4.74 Å². The standard InChI is InChI=1S/C12H15N7O5/c1-12(22)8(21)6(3-20)24-11(12)19-10-7(5(2-13)17-19)9(16-18-23)14-4-15-10/h4,6,8,11,18,20-23H,3H2,1H3,(H,14,15,16)/t6-,8-,11-,12-/m1/s1. The molecule has 0 unspecified atom stereocenters. The maximum absolute atomic E-state index is 10.6. The maximum atomic E-state index is 10.6. The summed E-state index contributed by atoms with van der Waals surface area (Å²) in [6.07, 6.45) is -2.42. The second-order valence-corrected chi connectivity index (χ2v) is 5.44. The summed E-state index contributed by atoms with van der Waals surface area (Å²) in [7, 11) is 0. The molecule has 1 saturated heterocycles. The normalized spacial score (nSPS) is 29.8. The van der Waals surface area contributed by atoms with Crippen molar-refractivity contribution in [2.45, 2.75) is 31.0 Å². The molecule has 0 amide bonds. The van der Waals surface area contributed by atoms with Gasteiger partial charge >= 0.3 is 0 Å². The molecule has 2 aromatic rings. The zero-order valence-corrected chi connectivity index (χ0v) is 12.4. The lowest BCUT2D eigenvalue weighted by molar-refractivity contribution is -0.100. The lowest BCUT2D eigenvalue weighted by atomic mass is 9.97. The molecule has 0 bridgehead atoms. The van der Waals surface area contributed by atoms with Crippen LogP contribution in [0.3, 0.4) is 0 Å². The van der Waals surface area contributed by atoms with Gasteiger partial charge in [-0.2, -0.15) is 10.4 Å². The molecule has 1 aliphatic rings. The van der Waals surface area contributed by atoms with Gasteiger partial charge in [-0.3, -0.25) is 10.6 Å². The van der Waals surface area contributed by atoms with Gasteiger partial charge in [-0.15, -0.1) is 5.59 Å². The van der Waals surface area contributed by atoms with Gasteiger partial charge in [-0.05, 0) is 6.92 Å². The smallest absolute Gasteiger partial charge is 0.183 e. The van der Waals surface area contributed by atoms with Crippen LogP contribution >= 0.6 is 0 Å². The number of anilines is 1. The Labute approximate surface area is 134 Å². The van der Waals surface area contributed by atoms with E-state index in [1.165, 1.54) is 6.92 Å². The molecule has 0 spiro atoms. The molecule has 24 heavy (non-hydrogen) atoms. The number of hydrazine groups is 1. The first kappa shape index (κ1) is 16.5. The van der Waals surface area contributed by atoms with Gasteiger partial charge in [0.2, 0.25) is 0 Å². The van der Waals surface area contributed by atoms with E-state index in [9.17, 15) is 20.6 Å². The van der Waals surface area contributed by atoms with Crippen molar-refractivity contribution in [2.24, 2.45) is 0 Å². The number of rotatable bonds is 4. The number of nitriles is 1. The van der Waals surface area contributed by atoms with E-state index >= 15 is 0 Å². The van der Waals surface area contributed by atoms with Crippen LogP contribution in [0.1, 0.15) is 18.8 Å². The van der Waals surface area contributed by atoms with Gasteiger partial charge in [0.25, 0.3) is 0 Å². The van der Waals surface area contributed by atoms with Gasteiger partial charge in [-0.1, -0.05) is 0 Å². The minimum absolute atomic E-state index is 0.0790. The van der Waals surface area contributed by atoms with E-state index in [1.807, 2.05) is 6.07 Å². The van der Waals surface area contributed by atoms with Crippen molar-refractivity contribution >= 4 is 16.9 Å². The van der Waals surface area contributed by atoms with E-state index in [0.717, 1.165) is 11.0 Å². The molecule has 3 rings (SSSR count). The Morgan fingerprint density at radius 2 is 2.25 bits per heavy atom. The van der Waals surface area contributed by atoms with E-state index in [0.29, 0.717) is 0 Å². The molecule has 1 aliphatic heterocycles. The topological polar surface area (TPSA) is 182 Å². The molecule has 4 atom stereocenters. The fraction of sp³-hybridized carbons (Fsp3) is 0.500. The minimum atomic E-state index is -1.78. The van der Waals surface area contributed by atoms with Gasteiger partial charge in [0.05, 0.1) is 6.61 Å². The number of aromatic nitrogens is 4. The molecule has 128 valence electrons. The summed E-state index contributed by atoms with van der Waals surface area (Å²) >= 11 is 0. The molecule has 2 aromatic heterocycles. The molecule has 0 saturated carbocycles. The lowest BCUT2D eigenvalue weighted by Crippen LogP contribution is -2.44. The summed E-state index contributed by atoms with van der Waals surface area (Å²) in [5.41, 5.74) is 2.31. The Hall–Kier alpha value is -2.40. The first-order valence-corrected chi connectivity index (χ1v) is 6.90. The van der Waals surface area contributed by atoms with Crippen molar-refractivity contribution < 1.29 is 25.3 Å². The summed E-state index contributed by atoms with van der Waals surface area (Å²) in [6.45, 7) is 0.821. The van der Waals surface area contributed by atoms with Crippen molar-refractivity contribution in [1.29, 1.82) is 5.26 Å². The molecular weight excluding hydrogens is 322 g/mol. The predicted octanol–water partition coefficient (Wildman–Crippen LogP) is -1.99. The summed E-state index contributed by atoms with van der Waals surface area (Å²) in [6, 6.07) is 1.87. The van der Waals surface area contributed by atoms with Gasteiger partial charge in [0, 0.05) is 0 Å². The van der Waals surface area contributed by atoms with Crippen LogP contribution in [0.25, 0.3) is 11.0 Å². The maximum Gasteiger partial charge on any atom is 0.183 e. The van der Waals surface area contributed by atoms with Crippen LogP contribution in [0.4, 0.5) is 5.82 Å². The van der Waals surface area contributed by atoms with Crippen LogP contribution in [-0.4, -0.2) is 64.7 Å². The van der Waals surface area contributed by atoms with E-state index in [4.69, 9.17) is 9.94 Å². The third kappa shape index (κ3) is 2.27. The van der Waals surface area contributed by atoms with Crippen molar-refractivity contribution in [1.82, 2.24) is 25.3 Å². The highest BCUT2D eigenvalue weighted by molar-refractivity contribution is 5.91. The highest BCUT2D eigenvalue weighted by Crippen LogP contribution is 2.39. The van der Waals surface area contributed by atoms with Gasteiger partial charge in [0.15, 0.2) is 23.4 Å². The van der Waals surface area contributed by atoms with E-state index in [1.54, 1.807) is 5.59 Å². The highest BCUT2D eigenvalue weighted by atomic mass is 16.6.